The molecule has 0 aliphatic heterocycles. The van der Waals surface area contributed by atoms with Crippen LogP contribution in [0, 0.1) is 0 Å². The minimum atomic E-state index is -0.987. The molecule has 0 spiro atoms. The molecule has 0 heterocycles. The first-order valence-electron chi connectivity index (χ1n) is 23.6. The Balaban J connectivity index is 2.38. The number of benzene rings is 1. The average molecular weight is 831 g/mol. The van der Waals surface area contributed by atoms with E-state index in [1.54, 1.807) is 24.3 Å². The summed E-state index contributed by atoms with van der Waals surface area (Å²) in [7, 11) is 0. The highest BCUT2D eigenvalue weighted by Gasteiger charge is 2.20. The Labute approximate surface area is 357 Å². The normalized spacial score (nSPS) is 11.1. The Hall–Kier alpha value is -3.43. The van der Waals surface area contributed by atoms with Gasteiger partial charge in [0.2, 0.25) is 6.79 Å². The summed E-state index contributed by atoms with van der Waals surface area (Å²) in [4.78, 5) is 61.4. The number of esters is 4. The van der Waals surface area contributed by atoms with Crippen molar-refractivity contribution in [3.63, 3.8) is 0 Å². The van der Waals surface area contributed by atoms with Gasteiger partial charge in [0.15, 0.2) is 6.10 Å². The predicted molar refractivity (Wildman–Crippen MR) is 234 cm³/mol. The lowest BCUT2D eigenvalue weighted by Crippen LogP contribution is -2.31. The Bertz CT molecular complexity index is 1170. The Kier molecular flexibility index (Phi) is 35.2. The van der Waals surface area contributed by atoms with Crippen LogP contribution in [0.3, 0.4) is 0 Å². The Morgan fingerprint density at radius 2 is 0.797 bits per heavy atom. The molecule has 0 bridgehead atoms. The highest BCUT2D eigenvalue weighted by molar-refractivity contribution is 5.78. The molecule has 10 nitrogen and oxygen atoms in total. The molecule has 0 amide bonds. The van der Waals surface area contributed by atoms with Crippen LogP contribution in [0.5, 0.6) is 5.75 Å². The van der Waals surface area contributed by atoms with Gasteiger partial charge < -0.3 is 23.7 Å². The van der Waals surface area contributed by atoms with Gasteiger partial charge in [-0.2, -0.15) is 0 Å². The van der Waals surface area contributed by atoms with Gasteiger partial charge in [0, 0.05) is 19.3 Å². The second-order valence-corrected chi connectivity index (χ2v) is 16.3. The zero-order valence-electron chi connectivity index (χ0n) is 37.5. The molecule has 1 aromatic carbocycles. The van der Waals surface area contributed by atoms with E-state index in [0.29, 0.717) is 12.2 Å². The summed E-state index contributed by atoms with van der Waals surface area (Å²) in [5, 5.41) is 0. The number of ether oxygens (including phenoxy) is 5. The van der Waals surface area contributed by atoms with Gasteiger partial charge in [-0.05, 0) is 37.5 Å². The number of ketones is 1. The topological polar surface area (TPSA) is 132 Å². The van der Waals surface area contributed by atoms with Crippen LogP contribution >= 0.6 is 0 Å². The molecule has 0 atom stereocenters. The molecule has 0 aromatic heterocycles. The maximum Gasteiger partial charge on any atom is 0.309 e. The van der Waals surface area contributed by atoms with Gasteiger partial charge in [-0.1, -0.05) is 180 Å². The van der Waals surface area contributed by atoms with Gasteiger partial charge in [0.1, 0.15) is 24.7 Å². The number of unbranched alkanes of at least 4 members (excludes halogenated alkanes) is 24. The molecule has 338 valence electrons. The molecule has 59 heavy (non-hydrogen) atoms. The molecule has 0 saturated carbocycles. The van der Waals surface area contributed by atoms with Crippen molar-refractivity contribution in [1.29, 1.82) is 0 Å². The van der Waals surface area contributed by atoms with Crippen molar-refractivity contribution in [2.24, 2.45) is 0 Å². The summed E-state index contributed by atoms with van der Waals surface area (Å²) in [5.74, 6) is -1.59. The molecule has 0 aliphatic carbocycles. The van der Waals surface area contributed by atoms with Crippen LogP contribution in [0.25, 0.3) is 0 Å². The first kappa shape index (κ1) is 53.6. The fourth-order valence-corrected chi connectivity index (χ4v) is 6.88. The van der Waals surface area contributed by atoms with Crippen molar-refractivity contribution in [1.82, 2.24) is 0 Å². The van der Waals surface area contributed by atoms with Crippen LogP contribution in [0.4, 0.5) is 0 Å². The largest absolute Gasteiger partial charge is 0.462 e. The van der Waals surface area contributed by atoms with E-state index in [4.69, 9.17) is 23.7 Å². The van der Waals surface area contributed by atoms with E-state index in [1.807, 2.05) is 0 Å². The monoisotopic (exact) mass is 831 g/mol. The van der Waals surface area contributed by atoms with Crippen LogP contribution < -0.4 is 4.74 Å². The van der Waals surface area contributed by atoms with Crippen molar-refractivity contribution >= 4 is 29.7 Å². The second-order valence-electron chi connectivity index (χ2n) is 16.3. The average Bonchev–Trinajstić information content (AvgIpc) is 3.22. The van der Waals surface area contributed by atoms with E-state index in [1.165, 1.54) is 135 Å². The summed E-state index contributed by atoms with van der Waals surface area (Å²) >= 11 is 0. The standard InChI is InChI=1S/C49H82O10/c1-4-6-8-10-12-14-16-18-20-22-24-26-28-30-46(51)55-39-45(40-56-47(52)31-29-27-25-23-21-19-17-15-13-11-9-7-5-2)59-49(54)37-36-48(53)58-41-57-44-34-32-43(33-35-44)38-42(3)50/h32-35,45H,4-31,36-41H2,1-3H3. The number of hydrogen-bond donors (Lipinski definition) is 0. The van der Waals surface area contributed by atoms with Crippen LogP contribution in [-0.4, -0.2) is 55.8 Å². The van der Waals surface area contributed by atoms with Gasteiger partial charge in [-0.25, -0.2) is 0 Å². The van der Waals surface area contributed by atoms with Gasteiger partial charge in [-0.3, -0.25) is 24.0 Å². The fourth-order valence-electron chi connectivity index (χ4n) is 6.88. The third-order valence-electron chi connectivity index (χ3n) is 10.5. The predicted octanol–water partition coefficient (Wildman–Crippen LogP) is 12.4. The molecule has 0 aliphatic rings. The molecule has 0 saturated heterocycles. The van der Waals surface area contributed by atoms with Crippen LogP contribution in [0.1, 0.15) is 219 Å². The van der Waals surface area contributed by atoms with Gasteiger partial charge in [0.05, 0.1) is 12.8 Å². The highest BCUT2D eigenvalue weighted by atomic mass is 16.7. The van der Waals surface area contributed by atoms with Crippen LogP contribution in [-0.2, 0) is 49.3 Å². The maximum absolute atomic E-state index is 12.7. The van der Waals surface area contributed by atoms with E-state index in [-0.39, 0.29) is 63.4 Å². The SMILES string of the molecule is CCCCCCCCCCCCCCCC(=O)OCC(COC(=O)CCCCCCCCCCCCCCC)OC(=O)CCC(=O)OCOc1ccc(CC(C)=O)cc1. The zero-order chi connectivity index (χ0) is 43.0. The van der Waals surface area contributed by atoms with Crippen molar-refractivity contribution in [3.8, 4) is 5.75 Å². The first-order valence-corrected chi connectivity index (χ1v) is 23.6. The van der Waals surface area contributed by atoms with E-state index in [9.17, 15) is 24.0 Å². The summed E-state index contributed by atoms with van der Waals surface area (Å²) in [6, 6.07) is 6.89. The summed E-state index contributed by atoms with van der Waals surface area (Å²) in [6.07, 6.45) is 30.9. The third kappa shape index (κ3) is 35.1. The smallest absolute Gasteiger partial charge is 0.309 e. The third-order valence-corrected chi connectivity index (χ3v) is 10.5. The molecule has 0 fully saturated rings. The van der Waals surface area contributed by atoms with Crippen molar-refractivity contribution in [2.45, 2.75) is 226 Å². The Morgan fingerprint density at radius 3 is 1.19 bits per heavy atom. The van der Waals surface area contributed by atoms with Gasteiger partial charge in [-0.15, -0.1) is 0 Å². The fraction of sp³-hybridized carbons (Fsp3) is 0.776. The molecular weight excluding hydrogens is 749 g/mol. The zero-order valence-corrected chi connectivity index (χ0v) is 37.5. The number of Topliss-reactive ketones (excluding diaryl/α,β-unsaturated/α-hetero) is 1. The van der Waals surface area contributed by atoms with Gasteiger partial charge in [0.25, 0.3) is 0 Å². The van der Waals surface area contributed by atoms with Crippen LogP contribution in [0.2, 0.25) is 0 Å². The minimum absolute atomic E-state index is 0.0555. The molecule has 0 N–H and O–H groups in total. The summed E-state index contributed by atoms with van der Waals surface area (Å²) < 4.78 is 26.9. The summed E-state index contributed by atoms with van der Waals surface area (Å²) in [6.45, 7) is 5.20. The van der Waals surface area contributed by atoms with Crippen LogP contribution in [0.15, 0.2) is 24.3 Å². The molecule has 0 unspecified atom stereocenters. The number of carbonyl (C=O) groups excluding carboxylic acids is 5. The van der Waals surface area contributed by atoms with E-state index >= 15 is 0 Å². The van der Waals surface area contributed by atoms with E-state index in [2.05, 4.69) is 13.8 Å². The molecular formula is C49H82O10. The summed E-state index contributed by atoms with van der Waals surface area (Å²) in [5.41, 5.74) is 0.854. The maximum atomic E-state index is 12.7. The van der Waals surface area contributed by atoms with Gasteiger partial charge >= 0.3 is 23.9 Å². The van der Waals surface area contributed by atoms with Crippen molar-refractivity contribution < 1.29 is 47.7 Å². The number of hydrogen-bond acceptors (Lipinski definition) is 10. The van der Waals surface area contributed by atoms with Crippen molar-refractivity contribution in [2.75, 3.05) is 20.0 Å². The molecule has 10 heteroatoms. The molecule has 1 aromatic rings. The lowest BCUT2D eigenvalue weighted by molar-refractivity contribution is -0.167. The minimum Gasteiger partial charge on any atom is -0.462 e. The van der Waals surface area contributed by atoms with E-state index in [0.717, 1.165) is 44.1 Å². The number of rotatable bonds is 41. The first-order chi connectivity index (χ1) is 28.7. The highest BCUT2D eigenvalue weighted by Crippen LogP contribution is 2.16. The number of carbonyl (C=O) groups is 5. The molecule has 1 rings (SSSR count). The second kappa shape index (κ2) is 38.8. The van der Waals surface area contributed by atoms with Crippen molar-refractivity contribution in [3.05, 3.63) is 29.8 Å². The lowest BCUT2D eigenvalue weighted by atomic mass is 10.0. The van der Waals surface area contributed by atoms with E-state index < -0.39 is 18.0 Å². The lowest BCUT2D eigenvalue weighted by Gasteiger charge is -2.18. The molecule has 0 radical (unpaired) electrons. The quantitative estimate of drug-likeness (QED) is 0.0272. The Morgan fingerprint density at radius 1 is 0.441 bits per heavy atom.